The molecule has 0 rings (SSSR count). The molecule has 0 aliphatic rings. The standard InChI is InChI=1S/C10H17NO2/c1-3-4-5-6-7-10(13)11-8-9(2)12/h1,9,12H,4-8H2,2H3,(H,11,13)/t9-/m0/s1. The third-order valence-corrected chi connectivity index (χ3v) is 1.57. The van der Waals surface area contributed by atoms with Crippen LogP contribution in [0.15, 0.2) is 0 Å². The summed E-state index contributed by atoms with van der Waals surface area (Å²) < 4.78 is 0. The highest BCUT2D eigenvalue weighted by atomic mass is 16.3. The van der Waals surface area contributed by atoms with Crippen molar-refractivity contribution in [3.05, 3.63) is 0 Å². The van der Waals surface area contributed by atoms with Gasteiger partial charge in [-0.05, 0) is 19.8 Å². The van der Waals surface area contributed by atoms with Crippen LogP contribution in [-0.2, 0) is 4.79 Å². The minimum atomic E-state index is -0.477. The van der Waals surface area contributed by atoms with Crippen molar-refractivity contribution >= 4 is 5.91 Å². The number of hydrogen-bond donors (Lipinski definition) is 2. The van der Waals surface area contributed by atoms with Crippen molar-refractivity contribution in [2.24, 2.45) is 0 Å². The predicted octanol–water partition coefficient (Wildman–Crippen LogP) is 0.677. The first kappa shape index (κ1) is 12.0. The Balaban J connectivity index is 3.26. The SMILES string of the molecule is C#CCCCCC(=O)NC[C@H](C)O. The summed E-state index contributed by atoms with van der Waals surface area (Å²) in [5, 5.41) is 11.5. The summed E-state index contributed by atoms with van der Waals surface area (Å²) >= 11 is 0. The third kappa shape index (κ3) is 8.90. The Hall–Kier alpha value is -1.01. The molecule has 0 aromatic heterocycles. The second-order valence-corrected chi connectivity index (χ2v) is 3.06. The maximum atomic E-state index is 11.0. The van der Waals surface area contributed by atoms with E-state index in [1.165, 1.54) is 0 Å². The van der Waals surface area contributed by atoms with Gasteiger partial charge in [0.05, 0.1) is 6.10 Å². The number of terminal acetylenes is 1. The van der Waals surface area contributed by atoms with Gasteiger partial charge in [-0.25, -0.2) is 0 Å². The molecular formula is C10H17NO2. The fourth-order valence-electron chi connectivity index (χ4n) is 0.863. The van der Waals surface area contributed by atoms with Gasteiger partial charge in [-0.2, -0.15) is 0 Å². The number of aliphatic hydroxyl groups excluding tert-OH is 1. The molecule has 1 atom stereocenters. The fraction of sp³-hybridized carbons (Fsp3) is 0.700. The van der Waals surface area contributed by atoms with E-state index in [1.54, 1.807) is 6.92 Å². The van der Waals surface area contributed by atoms with Gasteiger partial charge in [0.2, 0.25) is 5.91 Å². The minimum Gasteiger partial charge on any atom is -0.392 e. The lowest BCUT2D eigenvalue weighted by Gasteiger charge is -2.06. The molecule has 0 radical (unpaired) electrons. The van der Waals surface area contributed by atoms with Crippen LogP contribution in [0.1, 0.15) is 32.6 Å². The van der Waals surface area contributed by atoms with E-state index in [9.17, 15) is 4.79 Å². The van der Waals surface area contributed by atoms with Crippen LogP contribution in [0.5, 0.6) is 0 Å². The highest BCUT2D eigenvalue weighted by molar-refractivity contribution is 5.75. The van der Waals surface area contributed by atoms with Crippen molar-refractivity contribution in [2.45, 2.75) is 38.7 Å². The van der Waals surface area contributed by atoms with Gasteiger partial charge in [-0.15, -0.1) is 12.3 Å². The Morgan fingerprint density at radius 2 is 2.31 bits per heavy atom. The lowest BCUT2D eigenvalue weighted by molar-refractivity contribution is -0.121. The number of carbonyl (C=O) groups is 1. The Morgan fingerprint density at radius 1 is 1.62 bits per heavy atom. The smallest absolute Gasteiger partial charge is 0.220 e. The summed E-state index contributed by atoms with van der Waals surface area (Å²) in [6.07, 6.45) is 7.51. The number of amides is 1. The molecule has 0 bridgehead atoms. The van der Waals surface area contributed by atoms with Gasteiger partial charge < -0.3 is 10.4 Å². The molecule has 3 nitrogen and oxygen atoms in total. The van der Waals surface area contributed by atoms with E-state index in [0.29, 0.717) is 13.0 Å². The highest BCUT2D eigenvalue weighted by Crippen LogP contribution is 1.98. The molecular weight excluding hydrogens is 166 g/mol. The maximum Gasteiger partial charge on any atom is 0.220 e. The second-order valence-electron chi connectivity index (χ2n) is 3.06. The summed E-state index contributed by atoms with van der Waals surface area (Å²) in [5.41, 5.74) is 0. The van der Waals surface area contributed by atoms with E-state index in [-0.39, 0.29) is 5.91 Å². The molecule has 0 saturated heterocycles. The van der Waals surface area contributed by atoms with Crippen LogP contribution in [0.3, 0.4) is 0 Å². The molecule has 1 amide bonds. The molecule has 0 heterocycles. The van der Waals surface area contributed by atoms with Gasteiger partial charge in [-0.3, -0.25) is 4.79 Å². The molecule has 3 heteroatoms. The first-order valence-corrected chi connectivity index (χ1v) is 4.55. The molecule has 0 aliphatic heterocycles. The minimum absolute atomic E-state index is 0.0158. The molecule has 2 N–H and O–H groups in total. The molecule has 0 aromatic carbocycles. The molecule has 0 aromatic rings. The van der Waals surface area contributed by atoms with E-state index >= 15 is 0 Å². The van der Waals surface area contributed by atoms with Gasteiger partial charge in [-0.1, -0.05) is 0 Å². The second kappa shape index (κ2) is 7.63. The van der Waals surface area contributed by atoms with Crippen LogP contribution in [-0.4, -0.2) is 23.7 Å². The van der Waals surface area contributed by atoms with Crippen molar-refractivity contribution in [3.8, 4) is 12.3 Å². The van der Waals surface area contributed by atoms with Crippen LogP contribution < -0.4 is 5.32 Å². The summed E-state index contributed by atoms with van der Waals surface area (Å²) in [6, 6.07) is 0. The first-order valence-electron chi connectivity index (χ1n) is 4.55. The number of hydrogen-bond acceptors (Lipinski definition) is 2. The highest BCUT2D eigenvalue weighted by Gasteiger charge is 2.01. The Labute approximate surface area is 79.5 Å². The molecule has 0 spiro atoms. The number of rotatable bonds is 6. The van der Waals surface area contributed by atoms with Gasteiger partial charge in [0.15, 0.2) is 0 Å². The van der Waals surface area contributed by atoms with Crippen molar-refractivity contribution in [1.82, 2.24) is 5.32 Å². The number of nitrogens with one attached hydrogen (secondary N) is 1. The Kier molecular flexibility index (Phi) is 7.04. The molecule has 0 unspecified atom stereocenters. The summed E-state index contributed by atoms with van der Waals surface area (Å²) in [6.45, 7) is 1.96. The lowest BCUT2D eigenvalue weighted by Crippen LogP contribution is -2.30. The largest absolute Gasteiger partial charge is 0.392 e. The number of carbonyl (C=O) groups excluding carboxylic acids is 1. The van der Waals surface area contributed by atoms with Crippen LogP contribution in [0.4, 0.5) is 0 Å². The van der Waals surface area contributed by atoms with E-state index in [1.807, 2.05) is 0 Å². The molecule has 0 aliphatic carbocycles. The number of unbranched alkanes of at least 4 members (excludes halogenated alkanes) is 2. The van der Waals surface area contributed by atoms with Crippen LogP contribution >= 0.6 is 0 Å². The van der Waals surface area contributed by atoms with E-state index in [0.717, 1.165) is 19.3 Å². The molecule has 0 fully saturated rings. The van der Waals surface area contributed by atoms with Crippen molar-refractivity contribution in [2.75, 3.05) is 6.54 Å². The van der Waals surface area contributed by atoms with E-state index in [2.05, 4.69) is 11.2 Å². The van der Waals surface area contributed by atoms with Gasteiger partial charge >= 0.3 is 0 Å². The average Bonchev–Trinajstić information content (AvgIpc) is 2.09. The fourth-order valence-corrected chi connectivity index (χ4v) is 0.863. The van der Waals surface area contributed by atoms with Crippen molar-refractivity contribution in [1.29, 1.82) is 0 Å². The third-order valence-electron chi connectivity index (χ3n) is 1.57. The zero-order chi connectivity index (χ0) is 10.1. The zero-order valence-corrected chi connectivity index (χ0v) is 8.05. The average molecular weight is 183 g/mol. The first-order chi connectivity index (χ1) is 6.16. The monoisotopic (exact) mass is 183 g/mol. The number of aliphatic hydroxyl groups is 1. The Bertz CT molecular complexity index is 182. The van der Waals surface area contributed by atoms with Crippen molar-refractivity contribution < 1.29 is 9.90 Å². The van der Waals surface area contributed by atoms with Gasteiger partial charge in [0, 0.05) is 19.4 Å². The quantitative estimate of drug-likeness (QED) is 0.470. The molecule has 74 valence electrons. The topological polar surface area (TPSA) is 49.3 Å². The van der Waals surface area contributed by atoms with Crippen LogP contribution in [0.2, 0.25) is 0 Å². The van der Waals surface area contributed by atoms with Crippen LogP contribution in [0, 0.1) is 12.3 Å². The maximum absolute atomic E-state index is 11.0. The molecule has 0 saturated carbocycles. The summed E-state index contributed by atoms with van der Waals surface area (Å²) in [4.78, 5) is 11.0. The molecule has 13 heavy (non-hydrogen) atoms. The van der Waals surface area contributed by atoms with E-state index < -0.39 is 6.10 Å². The van der Waals surface area contributed by atoms with Crippen LogP contribution in [0.25, 0.3) is 0 Å². The summed E-state index contributed by atoms with van der Waals surface area (Å²) in [7, 11) is 0. The van der Waals surface area contributed by atoms with Gasteiger partial charge in [0.25, 0.3) is 0 Å². The zero-order valence-electron chi connectivity index (χ0n) is 8.05. The van der Waals surface area contributed by atoms with E-state index in [4.69, 9.17) is 11.5 Å². The van der Waals surface area contributed by atoms with Gasteiger partial charge in [0.1, 0.15) is 0 Å². The summed E-state index contributed by atoms with van der Waals surface area (Å²) in [5.74, 6) is 2.50. The van der Waals surface area contributed by atoms with Crippen molar-refractivity contribution in [3.63, 3.8) is 0 Å². The normalized spacial score (nSPS) is 11.8. The predicted molar refractivity (Wildman–Crippen MR) is 52.0 cm³/mol. The Morgan fingerprint density at radius 3 is 2.85 bits per heavy atom. The lowest BCUT2D eigenvalue weighted by atomic mass is 10.2.